The highest BCUT2D eigenvalue weighted by atomic mass is 19.4. The smallest absolute Gasteiger partial charge is 0.393 e. The minimum atomic E-state index is -4.44. The molecule has 158 valence electrons. The number of aromatic nitrogens is 3. The van der Waals surface area contributed by atoms with Crippen LogP contribution in [0, 0.1) is 6.92 Å². The van der Waals surface area contributed by atoms with Gasteiger partial charge in [0.05, 0.1) is 17.2 Å². The van der Waals surface area contributed by atoms with Crippen LogP contribution in [-0.4, -0.2) is 50.7 Å². The summed E-state index contributed by atoms with van der Waals surface area (Å²) >= 11 is 0. The number of nitrogens with zero attached hydrogens (tertiary/aromatic N) is 4. The summed E-state index contributed by atoms with van der Waals surface area (Å²) < 4.78 is 39.0. The summed E-state index contributed by atoms with van der Waals surface area (Å²) in [5.74, 6) is 0.177. The van der Waals surface area contributed by atoms with Crippen LogP contribution in [0.3, 0.4) is 0 Å². The maximum absolute atomic E-state index is 13.0. The van der Waals surface area contributed by atoms with Crippen LogP contribution in [-0.2, 0) is 12.6 Å². The van der Waals surface area contributed by atoms with E-state index < -0.39 is 11.7 Å². The molecule has 8 heteroatoms. The van der Waals surface area contributed by atoms with Crippen molar-refractivity contribution in [1.29, 1.82) is 0 Å². The fraction of sp³-hybridized carbons (Fsp3) is 0.409. The maximum atomic E-state index is 13.0. The molecule has 0 amide bonds. The van der Waals surface area contributed by atoms with E-state index in [2.05, 4.69) is 25.9 Å². The third-order valence-corrected chi connectivity index (χ3v) is 5.52. The number of pyridine rings is 1. The Balaban J connectivity index is 1.56. The van der Waals surface area contributed by atoms with E-state index in [9.17, 15) is 18.3 Å². The van der Waals surface area contributed by atoms with Gasteiger partial charge in [-0.15, -0.1) is 0 Å². The quantitative estimate of drug-likeness (QED) is 0.696. The van der Waals surface area contributed by atoms with Crippen molar-refractivity contribution >= 4 is 10.9 Å². The number of halogens is 3. The van der Waals surface area contributed by atoms with E-state index in [1.54, 1.807) is 6.20 Å². The third kappa shape index (κ3) is 4.60. The lowest BCUT2D eigenvalue weighted by atomic mass is 10.0. The average Bonchev–Trinajstić information content (AvgIpc) is 2.73. The number of benzene rings is 1. The third-order valence-electron chi connectivity index (χ3n) is 5.52. The lowest BCUT2D eigenvalue weighted by molar-refractivity contribution is -0.137. The molecule has 3 aromatic rings. The number of likely N-dealkylation sites (tertiary alicyclic amines) is 1. The zero-order valence-electron chi connectivity index (χ0n) is 16.7. The van der Waals surface area contributed by atoms with Crippen molar-refractivity contribution in [2.45, 2.75) is 38.5 Å². The van der Waals surface area contributed by atoms with E-state index in [1.807, 2.05) is 13.0 Å². The molecule has 30 heavy (non-hydrogen) atoms. The molecule has 4 rings (SSSR count). The molecule has 1 N–H and O–H groups in total. The minimum absolute atomic E-state index is 0.0995. The van der Waals surface area contributed by atoms with E-state index in [0.717, 1.165) is 68.2 Å². The molecule has 1 saturated heterocycles. The van der Waals surface area contributed by atoms with Gasteiger partial charge in [0, 0.05) is 37.4 Å². The number of alkyl halides is 3. The number of rotatable bonds is 4. The summed E-state index contributed by atoms with van der Waals surface area (Å²) in [6.07, 6.45) is 0.666. The molecule has 3 heterocycles. The molecule has 5 nitrogen and oxygen atoms in total. The fourth-order valence-electron chi connectivity index (χ4n) is 3.83. The Kier molecular flexibility index (Phi) is 5.71. The van der Waals surface area contributed by atoms with Gasteiger partial charge >= 0.3 is 6.18 Å². The Morgan fingerprint density at radius 2 is 1.90 bits per heavy atom. The number of hydrogen-bond acceptors (Lipinski definition) is 5. The van der Waals surface area contributed by atoms with Crippen LogP contribution in [0.5, 0.6) is 0 Å². The number of aryl methyl sites for hydroxylation is 1. The van der Waals surface area contributed by atoms with Crippen molar-refractivity contribution in [3.05, 3.63) is 53.3 Å². The van der Waals surface area contributed by atoms with Crippen LogP contribution in [0.1, 0.15) is 29.5 Å². The highest BCUT2D eigenvalue weighted by Crippen LogP contribution is 2.31. The van der Waals surface area contributed by atoms with Gasteiger partial charge in [0.25, 0.3) is 0 Å². The van der Waals surface area contributed by atoms with Crippen LogP contribution in [0.2, 0.25) is 0 Å². The lowest BCUT2D eigenvalue weighted by Gasteiger charge is -2.29. The van der Waals surface area contributed by atoms with E-state index in [4.69, 9.17) is 0 Å². The van der Waals surface area contributed by atoms with Gasteiger partial charge in [-0.05, 0) is 55.5 Å². The van der Waals surface area contributed by atoms with Crippen LogP contribution in [0.4, 0.5) is 13.2 Å². The number of piperidine rings is 1. The predicted molar refractivity (Wildman–Crippen MR) is 108 cm³/mol. The van der Waals surface area contributed by atoms with Gasteiger partial charge in [0.2, 0.25) is 0 Å². The highest BCUT2D eigenvalue weighted by Gasteiger charge is 2.31. The lowest BCUT2D eigenvalue weighted by Crippen LogP contribution is -2.37. The molecule has 0 radical (unpaired) electrons. The first-order valence-corrected chi connectivity index (χ1v) is 10.00. The second-order valence-corrected chi connectivity index (χ2v) is 7.79. The van der Waals surface area contributed by atoms with Gasteiger partial charge in [0.1, 0.15) is 5.69 Å². The molecular weight excluding hydrogens is 393 g/mol. The topological polar surface area (TPSA) is 62.1 Å². The van der Waals surface area contributed by atoms with E-state index in [0.29, 0.717) is 5.52 Å². The molecular formula is C22H23F3N4O. The molecule has 0 atom stereocenters. The molecule has 2 aromatic heterocycles. The number of aliphatic hydroxyl groups is 1. The van der Waals surface area contributed by atoms with Gasteiger partial charge < -0.3 is 10.0 Å². The van der Waals surface area contributed by atoms with Gasteiger partial charge in [-0.25, -0.2) is 9.97 Å². The van der Waals surface area contributed by atoms with Crippen molar-refractivity contribution in [3.63, 3.8) is 0 Å². The molecule has 0 bridgehead atoms. The number of hydrogen-bond donors (Lipinski definition) is 1. The Labute approximate surface area is 172 Å². The van der Waals surface area contributed by atoms with Crippen LogP contribution >= 0.6 is 0 Å². The molecule has 1 aliphatic heterocycles. The molecule has 0 aliphatic carbocycles. The van der Waals surface area contributed by atoms with Crippen molar-refractivity contribution in [2.75, 3.05) is 19.6 Å². The molecule has 0 saturated carbocycles. The van der Waals surface area contributed by atoms with Crippen LogP contribution in [0.25, 0.3) is 22.4 Å². The van der Waals surface area contributed by atoms with Crippen molar-refractivity contribution < 1.29 is 18.3 Å². The normalized spacial score (nSPS) is 16.3. The Morgan fingerprint density at radius 1 is 1.13 bits per heavy atom. The summed E-state index contributed by atoms with van der Waals surface area (Å²) in [4.78, 5) is 15.1. The fourth-order valence-corrected chi connectivity index (χ4v) is 3.83. The number of aliphatic hydroxyl groups excluding tert-OH is 1. The van der Waals surface area contributed by atoms with Crippen molar-refractivity contribution in [2.24, 2.45) is 0 Å². The largest absolute Gasteiger partial charge is 0.416 e. The summed E-state index contributed by atoms with van der Waals surface area (Å²) in [6.45, 7) is 4.68. The first kappa shape index (κ1) is 20.7. The number of fused-ring (bicyclic) bond motifs is 1. The summed E-state index contributed by atoms with van der Waals surface area (Å²) in [5, 5.41) is 10.5. The van der Waals surface area contributed by atoms with Crippen LogP contribution < -0.4 is 0 Å². The van der Waals surface area contributed by atoms with Gasteiger partial charge in [-0.3, -0.25) is 4.98 Å². The van der Waals surface area contributed by atoms with Crippen LogP contribution in [0.15, 0.2) is 36.7 Å². The minimum Gasteiger partial charge on any atom is -0.393 e. The van der Waals surface area contributed by atoms with Crippen molar-refractivity contribution in [3.8, 4) is 11.5 Å². The average molecular weight is 416 g/mol. The molecule has 0 unspecified atom stereocenters. The van der Waals surface area contributed by atoms with E-state index in [1.165, 1.54) is 5.56 Å². The second kappa shape index (κ2) is 8.28. The Morgan fingerprint density at radius 3 is 2.63 bits per heavy atom. The molecule has 1 aromatic carbocycles. The molecule has 1 aliphatic rings. The first-order valence-electron chi connectivity index (χ1n) is 10.00. The van der Waals surface area contributed by atoms with Gasteiger partial charge in [-0.2, -0.15) is 13.2 Å². The standard InChI is InChI=1S/C22H23F3N4O/c1-14-10-15(3-7-29-8-4-18(30)5-9-29)11-16-13-27-21(28-20(14)16)19-12-17(2-6-26-19)22(23,24)25/h2,6,10-13,18,30H,3-5,7-9H2,1H3. The molecule has 1 fully saturated rings. The summed E-state index contributed by atoms with van der Waals surface area (Å²) in [7, 11) is 0. The van der Waals surface area contributed by atoms with Gasteiger partial charge in [-0.1, -0.05) is 6.07 Å². The zero-order chi connectivity index (χ0) is 21.3. The Bertz CT molecular complexity index is 1050. The Hall–Kier alpha value is -2.58. The van der Waals surface area contributed by atoms with E-state index in [-0.39, 0.29) is 17.6 Å². The van der Waals surface area contributed by atoms with E-state index >= 15 is 0 Å². The SMILES string of the molecule is Cc1cc(CCN2CCC(O)CC2)cc2cnc(-c3cc(C(F)(F)F)ccn3)nc12. The van der Waals surface area contributed by atoms with Gasteiger partial charge in [0.15, 0.2) is 5.82 Å². The zero-order valence-corrected chi connectivity index (χ0v) is 16.7. The monoisotopic (exact) mass is 416 g/mol. The maximum Gasteiger partial charge on any atom is 0.416 e. The summed E-state index contributed by atoms with van der Waals surface area (Å²) in [5.41, 5.74) is 2.16. The predicted octanol–water partition coefficient (Wildman–Crippen LogP) is 4.02. The highest BCUT2D eigenvalue weighted by molar-refractivity contribution is 5.83. The summed E-state index contributed by atoms with van der Waals surface area (Å²) in [6, 6.07) is 6.01. The first-order chi connectivity index (χ1) is 14.3. The second-order valence-electron chi connectivity index (χ2n) is 7.79. The van der Waals surface area contributed by atoms with Crippen molar-refractivity contribution in [1.82, 2.24) is 19.9 Å². The molecule has 0 spiro atoms.